The molecular formula is C31H32F2N4O4S. The van der Waals surface area contributed by atoms with E-state index in [1.807, 2.05) is 26.0 Å². The number of amides is 1. The Bertz CT molecular complexity index is 1690. The van der Waals surface area contributed by atoms with Gasteiger partial charge in [0.05, 0.1) is 28.9 Å². The van der Waals surface area contributed by atoms with Crippen LogP contribution in [0.15, 0.2) is 82.9 Å². The van der Waals surface area contributed by atoms with Gasteiger partial charge in [-0.05, 0) is 54.2 Å². The highest BCUT2D eigenvalue weighted by Gasteiger charge is 2.42. The lowest BCUT2D eigenvalue weighted by Gasteiger charge is -2.38. The first-order chi connectivity index (χ1) is 19.8. The Labute approximate surface area is 243 Å². The molecule has 0 saturated heterocycles. The zero-order chi connectivity index (χ0) is 30.2. The summed E-state index contributed by atoms with van der Waals surface area (Å²) in [4.78, 5) is 28.7. The molecule has 0 fully saturated rings. The number of Topliss-reactive ketones (excluding diaryl/α,β-unsaturated/α-hetero) is 1. The lowest BCUT2D eigenvalue weighted by molar-refractivity contribution is -0.120. The Hall–Kier alpha value is -4.09. The number of primary sulfonamides is 1. The van der Waals surface area contributed by atoms with Gasteiger partial charge in [0.1, 0.15) is 11.6 Å². The third-order valence-corrected chi connectivity index (χ3v) is 8.49. The van der Waals surface area contributed by atoms with Gasteiger partial charge in [0.15, 0.2) is 5.78 Å². The van der Waals surface area contributed by atoms with Crippen LogP contribution in [-0.2, 0) is 26.0 Å². The lowest BCUT2D eigenvalue weighted by atomic mass is 9.73. The van der Waals surface area contributed by atoms with Crippen LogP contribution in [0.2, 0.25) is 0 Å². The first kappa shape index (κ1) is 29.4. The van der Waals surface area contributed by atoms with E-state index in [0.717, 1.165) is 17.7 Å². The molecule has 3 aromatic carbocycles. The number of anilines is 2. The van der Waals surface area contributed by atoms with E-state index < -0.39 is 27.7 Å². The maximum Gasteiger partial charge on any atom is 0.239 e. The number of sulfonamides is 1. The number of halogens is 2. The third-order valence-electron chi connectivity index (χ3n) is 7.56. The number of nitrogens with one attached hydrogen (secondary N) is 2. The molecule has 8 nitrogen and oxygen atoms in total. The molecule has 1 atom stereocenters. The van der Waals surface area contributed by atoms with Crippen LogP contribution in [-0.4, -0.2) is 33.2 Å². The molecule has 1 aliphatic heterocycles. The fourth-order valence-corrected chi connectivity index (χ4v) is 6.19. The predicted octanol–water partition coefficient (Wildman–Crippen LogP) is 4.59. The summed E-state index contributed by atoms with van der Waals surface area (Å²) in [6.07, 6.45) is 1.20. The van der Waals surface area contributed by atoms with Gasteiger partial charge >= 0.3 is 0 Å². The van der Waals surface area contributed by atoms with Crippen molar-refractivity contribution >= 4 is 33.1 Å². The molecule has 1 amide bonds. The van der Waals surface area contributed by atoms with E-state index in [2.05, 4.69) is 10.6 Å². The maximum atomic E-state index is 15.4. The molecule has 0 radical (unpaired) electrons. The molecule has 2 aliphatic rings. The summed E-state index contributed by atoms with van der Waals surface area (Å²) in [7, 11) is -3.81. The summed E-state index contributed by atoms with van der Waals surface area (Å²) in [6, 6.07) is 15.6. The smallest absolute Gasteiger partial charge is 0.239 e. The molecule has 1 heterocycles. The molecule has 0 saturated carbocycles. The Morgan fingerprint density at radius 2 is 1.79 bits per heavy atom. The molecule has 3 aromatic rings. The van der Waals surface area contributed by atoms with Gasteiger partial charge in [-0.25, -0.2) is 22.3 Å². The number of para-hydroxylation sites is 2. The molecule has 11 heteroatoms. The van der Waals surface area contributed by atoms with Gasteiger partial charge in [0.25, 0.3) is 0 Å². The SMILES string of the molecule is CC1(C)CC(=O)C2=C(C1)Nc1ccccc1N(CC(=O)NCCc1ccc(S(N)(=O)=O)cc1)C2c1ccc(F)cc1F. The molecule has 0 spiro atoms. The average Bonchev–Trinajstić information content (AvgIpc) is 3.02. The number of allylic oxidation sites excluding steroid dienone is 1. The second kappa shape index (κ2) is 11.3. The van der Waals surface area contributed by atoms with Gasteiger partial charge in [-0.1, -0.05) is 44.2 Å². The maximum absolute atomic E-state index is 15.4. The van der Waals surface area contributed by atoms with Crippen molar-refractivity contribution in [2.24, 2.45) is 10.6 Å². The summed E-state index contributed by atoms with van der Waals surface area (Å²) in [5, 5.41) is 11.4. The highest BCUT2D eigenvalue weighted by molar-refractivity contribution is 7.89. The van der Waals surface area contributed by atoms with Gasteiger partial charge in [0.2, 0.25) is 15.9 Å². The minimum Gasteiger partial charge on any atom is -0.357 e. The van der Waals surface area contributed by atoms with Crippen LogP contribution in [0.25, 0.3) is 0 Å². The van der Waals surface area contributed by atoms with Crippen molar-refractivity contribution in [3.63, 3.8) is 0 Å². The zero-order valence-electron chi connectivity index (χ0n) is 23.3. The topological polar surface area (TPSA) is 122 Å². The summed E-state index contributed by atoms with van der Waals surface area (Å²) < 4.78 is 52.4. The molecule has 220 valence electrons. The van der Waals surface area contributed by atoms with Crippen molar-refractivity contribution < 1.29 is 26.8 Å². The number of ketones is 1. The highest BCUT2D eigenvalue weighted by Crippen LogP contribution is 2.48. The van der Waals surface area contributed by atoms with Gasteiger partial charge in [0, 0.05) is 35.9 Å². The van der Waals surface area contributed by atoms with Crippen LogP contribution in [0.4, 0.5) is 20.2 Å². The van der Waals surface area contributed by atoms with E-state index in [1.54, 1.807) is 29.2 Å². The van der Waals surface area contributed by atoms with Gasteiger partial charge < -0.3 is 15.5 Å². The van der Waals surface area contributed by atoms with Crippen molar-refractivity contribution in [1.29, 1.82) is 0 Å². The lowest BCUT2D eigenvalue weighted by Crippen LogP contribution is -2.42. The fraction of sp³-hybridized carbons (Fsp3) is 0.290. The molecule has 0 bridgehead atoms. The van der Waals surface area contributed by atoms with Crippen LogP contribution in [0, 0.1) is 17.0 Å². The molecule has 4 N–H and O–H groups in total. The predicted molar refractivity (Wildman–Crippen MR) is 156 cm³/mol. The second-order valence-corrected chi connectivity index (χ2v) is 13.0. The van der Waals surface area contributed by atoms with Crippen molar-refractivity contribution in [2.75, 3.05) is 23.3 Å². The number of fused-ring (bicyclic) bond motifs is 1. The van der Waals surface area contributed by atoms with E-state index in [-0.39, 0.29) is 47.1 Å². The minimum atomic E-state index is -3.81. The quantitative estimate of drug-likeness (QED) is 0.368. The van der Waals surface area contributed by atoms with E-state index in [0.29, 0.717) is 35.5 Å². The summed E-state index contributed by atoms with van der Waals surface area (Å²) in [6.45, 7) is 4.03. The summed E-state index contributed by atoms with van der Waals surface area (Å²) in [5.41, 5.74) is 2.84. The van der Waals surface area contributed by atoms with Gasteiger partial charge in [-0.15, -0.1) is 0 Å². The van der Waals surface area contributed by atoms with Gasteiger partial charge in [-0.2, -0.15) is 0 Å². The first-order valence-corrected chi connectivity index (χ1v) is 15.1. The number of carbonyl (C=O) groups is 2. The monoisotopic (exact) mass is 594 g/mol. The van der Waals surface area contributed by atoms with Gasteiger partial charge in [-0.3, -0.25) is 9.59 Å². The number of nitrogens with zero attached hydrogens (tertiary/aromatic N) is 1. The van der Waals surface area contributed by atoms with E-state index in [4.69, 9.17) is 5.14 Å². The summed E-state index contributed by atoms with van der Waals surface area (Å²) in [5.74, 6) is -2.08. The van der Waals surface area contributed by atoms with E-state index in [1.165, 1.54) is 18.2 Å². The normalized spacial score (nSPS) is 18.1. The zero-order valence-corrected chi connectivity index (χ0v) is 24.1. The molecule has 42 heavy (non-hydrogen) atoms. The Morgan fingerprint density at radius 1 is 1.07 bits per heavy atom. The van der Waals surface area contributed by atoms with E-state index >= 15 is 4.39 Å². The third kappa shape index (κ3) is 6.22. The molecular weight excluding hydrogens is 562 g/mol. The number of hydrogen-bond donors (Lipinski definition) is 3. The van der Waals surface area contributed by atoms with Crippen LogP contribution in [0.3, 0.4) is 0 Å². The number of rotatable bonds is 7. The second-order valence-electron chi connectivity index (χ2n) is 11.5. The minimum absolute atomic E-state index is 0.00267. The first-order valence-electron chi connectivity index (χ1n) is 13.5. The van der Waals surface area contributed by atoms with E-state index in [9.17, 15) is 22.4 Å². The fourth-order valence-electron chi connectivity index (χ4n) is 5.68. The number of carbonyl (C=O) groups excluding carboxylic acids is 2. The molecule has 0 aromatic heterocycles. The number of benzene rings is 3. The Balaban J connectivity index is 1.47. The Morgan fingerprint density at radius 3 is 2.48 bits per heavy atom. The van der Waals surface area contributed by atoms with Crippen LogP contribution < -0.4 is 20.7 Å². The van der Waals surface area contributed by atoms with Crippen LogP contribution in [0.5, 0.6) is 0 Å². The van der Waals surface area contributed by atoms with Crippen molar-refractivity contribution in [3.05, 3.63) is 101 Å². The van der Waals surface area contributed by atoms with Crippen LogP contribution >= 0.6 is 0 Å². The standard InChI is InChI=1S/C31H32F2N4O4S/c1-31(2)16-25-29(27(38)17-31)30(22-12-9-20(32)15-23(22)33)37(26-6-4-3-5-24(26)36-25)18-28(39)35-14-13-19-7-10-21(11-8-19)42(34,40)41/h3-12,15,30,36H,13-14,16-18H2,1-2H3,(H,35,39)(H2,34,40,41). The highest BCUT2D eigenvalue weighted by atomic mass is 32.2. The number of nitrogens with two attached hydrogens (primary N) is 1. The summed E-state index contributed by atoms with van der Waals surface area (Å²) >= 11 is 0. The largest absolute Gasteiger partial charge is 0.357 e. The van der Waals surface area contributed by atoms with Crippen LogP contribution in [0.1, 0.15) is 43.9 Å². The average molecular weight is 595 g/mol. The molecule has 1 unspecified atom stereocenters. The number of hydrogen-bond acceptors (Lipinski definition) is 6. The Kier molecular flexibility index (Phi) is 7.91. The van der Waals surface area contributed by atoms with Crippen molar-refractivity contribution in [2.45, 2.75) is 44.0 Å². The van der Waals surface area contributed by atoms with Crippen molar-refractivity contribution in [1.82, 2.24) is 5.32 Å². The molecule has 1 aliphatic carbocycles. The molecule has 5 rings (SSSR count). The van der Waals surface area contributed by atoms with Crippen molar-refractivity contribution in [3.8, 4) is 0 Å².